The van der Waals surface area contributed by atoms with E-state index in [1.807, 2.05) is 78.4 Å². The Labute approximate surface area is 161 Å². The van der Waals surface area contributed by atoms with E-state index in [-0.39, 0.29) is 17.7 Å². The monoisotopic (exact) mass is 364 g/mol. The van der Waals surface area contributed by atoms with E-state index in [1.54, 1.807) is 0 Å². The van der Waals surface area contributed by atoms with E-state index in [0.29, 0.717) is 26.1 Å². The molecule has 0 aromatic heterocycles. The molecule has 1 saturated heterocycles. The van der Waals surface area contributed by atoms with Crippen molar-refractivity contribution in [3.05, 3.63) is 71.3 Å². The molecule has 0 atom stereocenters. The highest BCUT2D eigenvalue weighted by Gasteiger charge is 2.29. The highest BCUT2D eigenvalue weighted by Crippen LogP contribution is 2.21. The minimum absolute atomic E-state index is 0.0159. The van der Waals surface area contributed by atoms with Gasteiger partial charge in [-0.05, 0) is 30.9 Å². The van der Waals surface area contributed by atoms with Crippen LogP contribution in [0.4, 0.5) is 0 Å². The van der Waals surface area contributed by atoms with Crippen molar-refractivity contribution in [2.75, 3.05) is 20.1 Å². The molecule has 4 heteroatoms. The third-order valence-electron chi connectivity index (χ3n) is 5.31. The molecule has 2 amide bonds. The SMILES string of the molecule is Cc1ccc(CC(=O)N2CCC(C(=O)N(C)Cc3ccccc3)CC2)cc1. The number of amides is 2. The summed E-state index contributed by atoms with van der Waals surface area (Å²) < 4.78 is 0. The van der Waals surface area contributed by atoms with Gasteiger partial charge in [0.1, 0.15) is 0 Å². The molecule has 0 unspecified atom stereocenters. The Morgan fingerprint density at radius 2 is 1.59 bits per heavy atom. The normalized spacial score (nSPS) is 14.8. The van der Waals surface area contributed by atoms with Crippen LogP contribution in [-0.2, 0) is 22.6 Å². The first kappa shape index (κ1) is 19.2. The van der Waals surface area contributed by atoms with Crippen LogP contribution in [0.3, 0.4) is 0 Å². The van der Waals surface area contributed by atoms with Crippen LogP contribution in [0.25, 0.3) is 0 Å². The van der Waals surface area contributed by atoms with Crippen molar-refractivity contribution in [3.63, 3.8) is 0 Å². The summed E-state index contributed by atoms with van der Waals surface area (Å²) >= 11 is 0. The zero-order valence-electron chi connectivity index (χ0n) is 16.2. The number of piperidine rings is 1. The van der Waals surface area contributed by atoms with Crippen LogP contribution in [0.2, 0.25) is 0 Å². The molecular weight excluding hydrogens is 336 g/mol. The number of rotatable bonds is 5. The van der Waals surface area contributed by atoms with E-state index >= 15 is 0 Å². The largest absolute Gasteiger partial charge is 0.342 e. The first-order chi connectivity index (χ1) is 13.0. The summed E-state index contributed by atoms with van der Waals surface area (Å²) in [5.74, 6) is 0.356. The zero-order valence-corrected chi connectivity index (χ0v) is 16.2. The average molecular weight is 364 g/mol. The second kappa shape index (κ2) is 8.85. The lowest BCUT2D eigenvalue weighted by Crippen LogP contribution is -2.43. The van der Waals surface area contributed by atoms with Crippen LogP contribution in [0.5, 0.6) is 0 Å². The first-order valence-electron chi connectivity index (χ1n) is 9.65. The summed E-state index contributed by atoms with van der Waals surface area (Å²) in [6.07, 6.45) is 1.93. The average Bonchev–Trinajstić information content (AvgIpc) is 2.70. The molecule has 1 fully saturated rings. The van der Waals surface area contributed by atoms with Gasteiger partial charge in [0.25, 0.3) is 0 Å². The Balaban J connectivity index is 1.48. The van der Waals surface area contributed by atoms with Gasteiger partial charge in [-0.2, -0.15) is 0 Å². The molecule has 27 heavy (non-hydrogen) atoms. The molecule has 1 aliphatic rings. The van der Waals surface area contributed by atoms with Crippen molar-refractivity contribution < 1.29 is 9.59 Å². The molecule has 0 spiro atoms. The van der Waals surface area contributed by atoms with Crippen molar-refractivity contribution in [3.8, 4) is 0 Å². The topological polar surface area (TPSA) is 40.6 Å². The third-order valence-corrected chi connectivity index (χ3v) is 5.31. The number of carbonyl (C=O) groups is 2. The predicted molar refractivity (Wildman–Crippen MR) is 107 cm³/mol. The molecule has 0 N–H and O–H groups in total. The van der Waals surface area contributed by atoms with Crippen molar-refractivity contribution >= 4 is 11.8 Å². The van der Waals surface area contributed by atoms with Gasteiger partial charge in [0.15, 0.2) is 0 Å². The maximum absolute atomic E-state index is 12.7. The van der Waals surface area contributed by atoms with Crippen LogP contribution in [0.1, 0.15) is 29.5 Å². The lowest BCUT2D eigenvalue weighted by atomic mass is 9.94. The lowest BCUT2D eigenvalue weighted by Gasteiger charge is -2.33. The van der Waals surface area contributed by atoms with E-state index in [4.69, 9.17) is 0 Å². The Kier molecular flexibility index (Phi) is 6.28. The summed E-state index contributed by atoms with van der Waals surface area (Å²) in [4.78, 5) is 29.0. The van der Waals surface area contributed by atoms with Gasteiger partial charge in [-0.1, -0.05) is 60.2 Å². The smallest absolute Gasteiger partial charge is 0.226 e. The van der Waals surface area contributed by atoms with Gasteiger partial charge in [-0.15, -0.1) is 0 Å². The number of carbonyl (C=O) groups excluding carboxylic acids is 2. The standard InChI is InChI=1S/C23H28N2O2/c1-18-8-10-19(11-9-18)16-22(26)25-14-12-21(13-15-25)23(27)24(2)17-20-6-4-3-5-7-20/h3-11,21H,12-17H2,1-2H3. The summed E-state index contributed by atoms with van der Waals surface area (Å²) in [7, 11) is 1.87. The van der Waals surface area contributed by atoms with Crippen molar-refractivity contribution in [1.29, 1.82) is 0 Å². The van der Waals surface area contributed by atoms with Gasteiger partial charge in [0.2, 0.25) is 11.8 Å². The van der Waals surface area contributed by atoms with Gasteiger partial charge in [0, 0.05) is 32.6 Å². The molecule has 4 nitrogen and oxygen atoms in total. The van der Waals surface area contributed by atoms with Gasteiger partial charge >= 0.3 is 0 Å². The Hall–Kier alpha value is -2.62. The Morgan fingerprint density at radius 3 is 2.22 bits per heavy atom. The van der Waals surface area contributed by atoms with Crippen molar-refractivity contribution in [2.45, 2.75) is 32.7 Å². The minimum Gasteiger partial charge on any atom is -0.342 e. The van der Waals surface area contributed by atoms with Gasteiger partial charge in [-0.3, -0.25) is 9.59 Å². The molecular formula is C23H28N2O2. The Morgan fingerprint density at radius 1 is 0.963 bits per heavy atom. The predicted octanol–water partition coefficient (Wildman–Crippen LogP) is 3.43. The van der Waals surface area contributed by atoms with Crippen LogP contribution >= 0.6 is 0 Å². The fourth-order valence-electron chi connectivity index (χ4n) is 3.62. The van der Waals surface area contributed by atoms with Crippen LogP contribution in [-0.4, -0.2) is 41.8 Å². The molecule has 3 rings (SSSR count). The van der Waals surface area contributed by atoms with Crippen LogP contribution in [0, 0.1) is 12.8 Å². The fourth-order valence-corrected chi connectivity index (χ4v) is 3.62. The molecule has 0 aliphatic carbocycles. The number of aryl methyl sites for hydroxylation is 1. The summed E-state index contributed by atoms with van der Waals surface area (Å²) in [5.41, 5.74) is 3.38. The minimum atomic E-state index is 0.0159. The maximum atomic E-state index is 12.7. The number of likely N-dealkylation sites (tertiary alicyclic amines) is 1. The fraction of sp³-hybridized carbons (Fsp3) is 0.391. The molecule has 2 aromatic rings. The highest BCUT2D eigenvalue weighted by molar-refractivity contribution is 5.81. The second-order valence-electron chi connectivity index (χ2n) is 7.50. The van der Waals surface area contributed by atoms with Crippen molar-refractivity contribution in [2.24, 2.45) is 5.92 Å². The maximum Gasteiger partial charge on any atom is 0.226 e. The molecule has 0 saturated carbocycles. The molecule has 1 aliphatic heterocycles. The molecule has 0 bridgehead atoms. The van der Waals surface area contributed by atoms with E-state index in [0.717, 1.165) is 24.0 Å². The van der Waals surface area contributed by atoms with Crippen LogP contribution < -0.4 is 0 Å². The number of benzene rings is 2. The third kappa shape index (κ3) is 5.19. The van der Waals surface area contributed by atoms with Crippen molar-refractivity contribution in [1.82, 2.24) is 9.80 Å². The number of hydrogen-bond acceptors (Lipinski definition) is 2. The summed E-state index contributed by atoms with van der Waals surface area (Å²) in [6, 6.07) is 18.1. The van der Waals surface area contributed by atoms with E-state index in [9.17, 15) is 9.59 Å². The molecule has 1 heterocycles. The number of nitrogens with zero attached hydrogens (tertiary/aromatic N) is 2. The summed E-state index contributed by atoms with van der Waals surface area (Å²) in [6.45, 7) is 4.01. The van der Waals surface area contributed by atoms with Gasteiger partial charge in [0.05, 0.1) is 6.42 Å². The van der Waals surface area contributed by atoms with E-state index in [2.05, 4.69) is 0 Å². The molecule has 142 valence electrons. The molecule has 2 aromatic carbocycles. The van der Waals surface area contributed by atoms with Crippen LogP contribution in [0.15, 0.2) is 54.6 Å². The zero-order chi connectivity index (χ0) is 19.2. The number of hydrogen-bond donors (Lipinski definition) is 0. The second-order valence-corrected chi connectivity index (χ2v) is 7.50. The molecule has 0 radical (unpaired) electrons. The quantitative estimate of drug-likeness (QED) is 0.815. The lowest BCUT2D eigenvalue weighted by molar-refractivity contribution is -0.140. The van der Waals surface area contributed by atoms with Gasteiger partial charge in [-0.25, -0.2) is 0 Å². The van der Waals surface area contributed by atoms with E-state index in [1.165, 1.54) is 5.56 Å². The highest BCUT2D eigenvalue weighted by atomic mass is 16.2. The first-order valence-corrected chi connectivity index (χ1v) is 9.65. The Bertz CT molecular complexity index is 763. The van der Waals surface area contributed by atoms with E-state index < -0.39 is 0 Å². The summed E-state index contributed by atoms with van der Waals surface area (Å²) in [5, 5.41) is 0. The van der Waals surface area contributed by atoms with Gasteiger partial charge < -0.3 is 9.80 Å².